The number of carbonyl (C=O) groups is 2. The van der Waals surface area contributed by atoms with E-state index in [9.17, 15) is 18.0 Å². The minimum absolute atomic E-state index is 0.122. The highest BCUT2D eigenvalue weighted by Gasteiger charge is 2.32. The molecule has 0 aromatic heterocycles. The van der Waals surface area contributed by atoms with Gasteiger partial charge >= 0.3 is 0 Å². The van der Waals surface area contributed by atoms with E-state index in [1.165, 1.54) is 4.90 Å². The molecule has 2 amide bonds. The molecule has 0 bridgehead atoms. The van der Waals surface area contributed by atoms with Crippen molar-refractivity contribution < 1.29 is 22.7 Å². The van der Waals surface area contributed by atoms with Gasteiger partial charge in [-0.1, -0.05) is 45.0 Å². The van der Waals surface area contributed by atoms with Crippen LogP contribution in [0.25, 0.3) is 0 Å². The highest BCUT2D eigenvalue weighted by molar-refractivity contribution is 9.10. The lowest BCUT2D eigenvalue weighted by Gasteiger charge is -2.33. The number of hydrogen-bond donors (Lipinski definition) is 1. The molecule has 2 aromatic rings. The van der Waals surface area contributed by atoms with Gasteiger partial charge in [-0.05, 0) is 58.1 Å². The Morgan fingerprint density at radius 2 is 1.80 bits per heavy atom. The topological polar surface area (TPSA) is 96.0 Å². The summed E-state index contributed by atoms with van der Waals surface area (Å²) < 4.78 is 32.2. The molecule has 0 radical (unpaired) electrons. The molecular weight excluding hydrogens is 534 g/mol. The molecule has 0 aliphatic carbocycles. The number of hydrogen-bond acceptors (Lipinski definition) is 5. The Labute approximate surface area is 216 Å². The standard InChI is InChI=1S/C25H34BrN3O5S/c1-6-22(25(31)27-15-18(2)3)28(16-19-10-9-11-20(14-19)34-4)24(30)17-29(35(5,32)33)23-13-8-7-12-21(23)26/h7-14,18,22H,6,15-17H2,1-5H3,(H,27,31)/t22-/m0/s1. The summed E-state index contributed by atoms with van der Waals surface area (Å²) in [5.74, 6) is 0.109. The molecule has 0 heterocycles. The second-order valence-electron chi connectivity index (χ2n) is 8.66. The number of methoxy groups -OCH3 is 1. The van der Waals surface area contributed by atoms with E-state index in [1.54, 1.807) is 49.6 Å². The number of amides is 2. The van der Waals surface area contributed by atoms with Crippen LogP contribution in [0, 0.1) is 5.92 Å². The van der Waals surface area contributed by atoms with Gasteiger partial charge in [-0.2, -0.15) is 0 Å². The largest absolute Gasteiger partial charge is 0.497 e. The monoisotopic (exact) mass is 567 g/mol. The first-order chi connectivity index (χ1) is 16.5. The molecule has 0 unspecified atom stereocenters. The van der Waals surface area contributed by atoms with Gasteiger partial charge < -0.3 is 15.0 Å². The van der Waals surface area contributed by atoms with E-state index in [2.05, 4.69) is 21.2 Å². The van der Waals surface area contributed by atoms with Crippen LogP contribution in [0.4, 0.5) is 5.69 Å². The molecule has 35 heavy (non-hydrogen) atoms. The number of halogens is 1. The lowest BCUT2D eigenvalue weighted by Crippen LogP contribution is -2.52. The summed E-state index contributed by atoms with van der Waals surface area (Å²) in [6.45, 7) is 5.96. The molecule has 0 fully saturated rings. The van der Waals surface area contributed by atoms with Crippen molar-refractivity contribution in [2.75, 3.05) is 30.8 Å². The van der Waals surface area contributed by atoms with Crippen LogP contribution in [-0.2, 0) is 26.2 Å². The molecule has 0 saturated carbocycles. The van der Waals surface area contributed by atoms with Crippen molar-refractivity contribution in [3.8, 4) is 5.75 Å². The number of para-hydroxylation sites is 1. The Bertz CT molecular complexity index is 1120. The van der Waals surface area contributed by atoms with Crippen LogP contribution in [0.2, 0.25) is 0 Å². The van der Waals surface area contributed by atoms with E-state index < -0.39 is 28.5 Å². The summed E-state index contributed by atoms with van der Waals surface area (Å²) in [7, 11) is -2.24. The van der Waals surface area contributed by atoms with E-state index in [0.717, 1.165) is 16.1 Å². The summed E-state index contributed by atoms with van der Waals surface area (Å²) in [5, 5.41) is 2.90. The van der Waals surface area contributed by atoms with Crippen molar-refractivity contribution >= 4 is 43.5 Å². The zero-order valence-corrected chi connectivity index (χ0v) is 23.2. The molecule has 1 atom stereocenters. The first-order valence-corrected chi connectivity index (χ1v) is 14.0. The van der Waals surface area contributed by atoms with Crippen molar-refractivity contribution in [3.63, 3.8) is 0 Å². The highest BCUT2D eigenvalue weighted by atomic mass is 79.9. The maximum Gasteiger partial charge on any atom is 0.244 e. The number of ether oxygens (including phenoxy) is 1. The first-order valence-electron chi connectivity index (χ1n) is 11.4. The Hall–Kier alpha value is -2.59. The number of rotatable bonds is 12. The van der Waals surface area contributed by atoms with Gasteiger partial charge in [-0.3, -0.25) is 13.9 Å². The van der Waals surface area contributed by atoms with Crippen molar-refractivity contribution in [2.45, 2.75) is 39.8 Å². The predicted molar refractivity (Wildman–Crippen MR) is 142 cm³/mol. The van der Waals surface area contributed by atoms with Gasteiger partial charge in [0.05, 0.1) is 19.1 Å². The minimum atomic E-state index is -3.79. The molecule has 0 aliphatic rings. The van der Waals surface area contributed by atoms with Gasteiger partial charge in [0.15, 0.2) is 0 Å². The Kier molecular flexibility index (Phi) is 10.6. The Balaban J connectivity index is 2.45. The second kappa shape index (κ2) is 12.9. The lowest BCUT2D eigenvalue weighted by molar-refractivity contribution is -0.140. The first kappa shape index (κ1) is 28.6. The smallest absolute Gasteiger partial charge is 0.244 e. The summed E-state index contributed by atoms with van der Waals surface area (Å²) >= 11 is 3.38. The third kappa shape index (κ3) is 8.24. The van der Waals surface area contributed by atoms with E-state index in [0.29, 0.717) is 28.9 Å². The van der Waals surface area contributed by atoms with Crippen LogP contribution < -0.4 is 14.4 Å². The number of benzene rings is 2. The molecule has 0 aliphatic heterocycles. The van der Waals surface area contributed by atoms with Crippen LogP contribution in [0.1, 0.15) is 32.8 Å². The number of anilines is 1. The van der Waals surface area contributed by atoms with Gasteiger partial charge in [0, 0.05) is 17.6 Å². The van der Waals surface area contributed by atoms with E-state index >= 15 is 0 Å². The maximum absolute atomic E-state index is 13.7. The van der Waals surface area contributed by atoms with Crippen molar-refractivity contribution in [2.24, 2.45) is 5.92 Å². The van der Waals surface area contributed by atoms with Crippen molar-refractivity contribution in [3.05, 3.63) is 58.6 Å². The lowest BCUT2D eigenvalue weighted by atomic mass is 10.1. The van der Waals surface area contributed by atoms with Crippen molar-refractivity contribution in [1.82, 2.24) is 10.2 Å². The fraction of sp³-hybridized carbons (Fsp3) is 0.440. The third-order valence-electron chi connectivity index (χ3n) is 5.36. The molecule has 0 saturated heterocycles. The van der Waals surface area contributed by atoms with Gasteiger partial charge in [0.2, 0.25) is 21.8 Å². The zero-order chi connectivity index (χ0) is 26.2. The van der Waals surface area contributed by atoms with Crippen molar-refractivity contribution in [1.29, 1.82) is 0 Å². The third-order valence-corrected chi connectivity index (χ3v) is 7.15. The zero-order valence-electron chi connectivity index (χ0n) is 20.8. The molecular formula is C25H34BrN3O5S. The van der Waals surface area contributed by atoms with E-state index in [4.69, 9.17) is 4.74 Å². The molecule has 10 heteroatoms. The fourth-order valence-electron chi connectivity index (χ4n) is 3.56. The summed E-state index contributed by atoms with van der Waals surface area (Å²) in [5.41, 5.74) is 1.11. The number of sulfonamides is 1. The van der Waals surface area contributed by atoms with Crippen LogP contribution in [0.3, 0.4) is 0 Å². The van der Waals surface area contributed by atoms with Crippen LogP contribution >= 0.6 is 15.9 Å². The quantitative estimate of drug-likeness (QED) is 0.420. The highest BCUT2D eigenvalue weighted by Crippen LogP contribution is 2.28. The average molecular weight is 569 g/mol. The Morgan fingerprint density at radius 3 is 2.37 bits per heavy atom. The molecule has 2 rings (SSSR count). The SMILES string of the molecule is CC[C@@H](C(=O)NCC(C)C)N(Cc1cccc(OC)c1)C(=O)CN(c1ccccc1Br)S(C)(=O)=O. The summed E-state index contributed by atoms with van der Waals surface area (Å²) in [6.07, 6.45) is 1.42. The average Bonchev–Trinajstić information content (AvgIpc) is 2.80. The molecule has 1 N–H and O–H groups in total. The minimum Gasteiger partial charge on any atom is -0.497 e. The molecule has 8 nitrogen and oxygen atoms in total. The number of carbonyl (C=O) groups excluding carboxylic acids is 2. The van der Waals surface area contributed by atoms with E-state index in [-0.39, 0.29) is 18.4 Å². The molecule has 192 valence electrons. The summed E-state index contributed by atoms with van der Waals surface area (Å²) in [4.78, 5) is 28.2. The van der Waals surface area contributed by atoms with Gasteiger partial charge in [0.1, 0.15) is 18.3 Å². The van der Waals surface area contributed by atoms with Gasteiger partial charge in [-0.25, -0.2) is 8.42 Å². The number of nitrogens with one attached hydrogen (secondary N) is 1. The van der Waals surface area contributed by atoms with E-state index in [1.807, 2.05) is 26.8 Å². The normalized spacial score (nSPS) is 12.2. The van der Waals surface area contributed by atoms with Crippen LogP contribution in [0.5, 0.6) is 5.75 Å². The summed E-state index contributed by atoms with van der Waals surface area (Å²) in [6, 6.07) is 13.2. The second-order valence-corrected chi connectivity index (χ2v) is 11.4. The Morgan fingerprint density at radius 1 is 1.11 bits per heavy atom. The number of nitrogens with zero attached hydrogens (tertiary/aromatic N) is 2. The van der Waals surface area contributed by atoms with Gasteiger partial charge in [-0.15, -0.1) is 0 Å². The maximum atomic E-state index is 13.7. The predicted octanol–water partition coefficient (Wildman–Crippen LogP) is 3.80. The van der Waals surface area contributed by atoms with Crippen LogP contribution in [0.15, 0.2) is 53.0 Å². The fourth-order valence-corrected chi connectivity index (χ4v) is 5.04. The van der Waals surface area contributed by atoms with Gasteiger partial charge in [0.25, 0.3) is 0 Å². The molecule has 0 spiro atoms. The molecule has 2 aromatic carbocycles. The van der Waals surface area contributed by atoms with Crippen LogP contribution in [-0.4, -0.2) is 57.6 Å².